The number of nitrogens with one attached hydrogen (secondary N) is 1. The van der Waals surface area contributed by atoms with E-state index in [0.29, 0.717) is 23.6 Å². The molecule has 1 aliphatic heterocycles. The van der Waals surface area contributed by atoms with Crippen LogP contribution in [0.3, 0.4) is 0 Å². The lowest BCUT2D eigenvalue weighted by Crippen LogP contribution is -2.23. The van der Waals surface area contributed by atoms with E-state index >= 15 is 0 Å². The summed E-state index contributed by atoms with van der Waals surface area (Å²) in [7, 11) is 3.89. The van der Waals surface area contributed by atoms with Crippen LogP contribution in [-0.4, -0.2) is 31.3 Å². The second-order valence-electron chi connectivity index (χ2n) is 7.27. The molecule has 1 atom stereocenters. The van der Waals surface area contributed by atoms with Gasteiger partial charge in [-0.1, -0.05) is 23.4 Å². The van der Waals surface area contributed by atoms with Gasteiger partial charge in [-0.15, -0.1) is 0 Å². The monoisotopic (exact) mass is 377 g/mol. The van der Waals surface area contributed by atoms with Crippen LogP contribution in [-0.2, 0) is 13.0 Å². The van der Waals surface area contributed by atoms with Gasteiger partial charge in [-0.05, 0) is 36.8 Å². The van der Waals surface area contributed by atoms with Crippen molar-refractivity contribution in [3.05, 3.63) is 65.4 Å². The minimum atomic E-state index is -0.145. The second-order valence-corrected chi connectivity index (χ2v) is 7.27. The van der Waals surface area contributed by atoms with Crippen LogP contribution < -0.4 is 15.0 Å². The number of amides is 1. The number of hydrogen-bond donors (Lipinski definition) is 1. The third-order valence-electron chi connectivity index (χ3n) is 4.80. The van der Waals surface area contributed by atoms with Crippen LogP contribution in [0.1, 0.15) is 28.5 Å². The second kappa shape index (κ2) is 7.38. The van der Waals surface area contributed by atoms with E-state index in [1.807, 2.05) is 55.4 Å². The summed E-state index contributed by atoms with van der Waals surface area (Å²) in [4.78, 5) is 14.4. The SMILES string of the molecule is CC1Cc2ccc(-c3cc(CNC(=O)c4cccc(N(C)C)c4)no3)cc2O1. The van der Waals surface area contributed by atoms with E-state index in [-0.39, 0.29) is 12.0 Å². The van der Waals surface area contributed by atoms with Gasteiger partial charge in [0.05, 0.1) is 6.54 Å². The van der Waals surface area contributed by atoms with Crippen molar-refractivity contribution in [1.82, 2.24) is 10.5 Å². The number of aromatic nitrogens is 1. The summed E-state index contributed by atoms with van der Waals surface area (Å²) < 4.78 is 11.3. The first-order valence-electron chi connectivity index (χ1n) is 9.31. The Morgan fingerprint density at radius 3 is 2.89 bits per heavy atom. The molecule has 1 amide bonds. The maximum atomic E-state index is 12.4. The molecule has 2 heterocycles. The van der Waals surface area contributed by atoms with Gasteiger partial charge in [-0.3, -0.25) is 4.79 Å². The number of nitrogens with zero attached hydrogens (tertiary/aromatic N) is 2. The van der Waals surface area contributed by atoms with Crippen molar-refractivity contribution in [3.8, 4) is 17.1 Å². The molecule has 1 aromatic heterocycles. The highest BCUT2D eigenvalue weighted by atomic mass is 16.5. The fourth-order valence-corrected chi connectivity index (χ4v) is 3.28. The van der Waals surface area contributed by atoms with Gasteiger partial charge in [-0.25, -0.2) is 0 Å². The molecule has 28 heavy (non-hydrogen) atoms. The third kappa shape index (κ3) is 3.71. The molecule has 144 valence electrons. The van der Waals surface area contributed by atoms with Crippen molar-refractivity contribution in [3.63, 3.8) is 0 Å². The summed E-state index contributed by atoms with van der Waals surface area (Å²) in [5.41, 5.74) is 4.38. The largest absolute Gasteiger partial charge is 0.490 e. The molecule has 6 heteroatoms. The average Bonchev–Trinajstić information content (AvgIpc) is 3.31. The smallest absolute Gasteiger partial charge is 0.251 e. The zero-order valence-electron chi connectivity index (χ0n) is 16.2. The maximum absolute atomic E-state index is 12.4. The van der Waals surface area contributed by atoms with E-state index in [1.165, 1.54) is 5.56 Å². The van der Waals surface area contributed by atoms with Crippen LogP contribution in [0, 0.1) is 0 Å². The molecule has 0 saturated carbocycles. The summed E-state index contributed by atoms with van der Waals surface area (Å²) in [5.74, 6) is 1.41. The van der Waals surface area contributed by atoms with Gasteiger partial charge in [0.15, 0.2) is 5.76 Å². The number of hydrogen-bond acceptors (Lipinski definition) is 5. The Morgan fingerprint density at radius 2 is 2.07 bits per heavy atom. The predicted molar refractivity (Wildman–Crippen MR) is 108 cm³/mol. The number of carbonyl (C=O) groups is 1. The first-order valence-corrected chi connectivity index (χ1v) is 9.31. The zero-order valence-corrected chi connectivity index (χ0v) is 16.2. The van der Waals surface area contributed by atoms with E-state index in [9.17, 15) is 4.79 Å². The molecule has 3 aromatic rings. The molecule has 0 saturated heterocycles. The molecule has 0 radical (unpaired) electrons. The molecule has 1 aliphatic rings. The van der Waals surface area contributed by atoms with Gasteiger partial charge < -0.3 is 19.5 Å². The quantitative estimate of drug-likeness (QED) is 0.735. The number of carbonyl (C=O) groups excluding carboxylic acids is 1. The van der Waals surface area contributed by atoms with Crippen molar-refractivity contribution < 1.29 is 14.1 Å². The lowest BCUT2D eigenvalue weighted by molar-refractivity contribution is 0.0950. The lowest BCUT2D eigenvalue weighted by atomic mass is 10.1. The zero-order chi connectivity index (χ0) is 19.7. The minimum absolute atomic E-state index is 0.145. The lowest BCUT2D eigenvalue weighted by Gasteiger charge is -2.13. The van der Waals surface area contributed by atoms with E-state index in [0.717, 1.165) is 23.4 Å². The Kier molecular flexibility index (Phi) is 4.77. The van der Waals surface area contributed by atoms with Crippen molar-refractivity contribution in [1.29, 1.82) is 0 Å². The normalized spacial score (nSPS) is 15.0. The number of anilines is 1. The predicted octanol–water partition coefficient (Wildman–Crippen LogP) is 3.66. The molecule has 0 aliphatic carbocycles. The molecule has 4 rings (SSSR count). The number of ether oxygens (including phenoxy) is 1. The summed E-state index contributed by atoms with van der Waals surface area (Å²) in [5, 5.41) is 6.96. The number of fused-ring (bicyclic) bond motifs is 1. The highest BCUT2D eigenvalue weighted by molar-refractivity contribution is 5.95. The number of benzene rings is 2. The summed E-state index contributed by atoms with van der Waals surface area (Å²) in [6.07, 6.45) is 1.13. The Hall–Kier alpha value is -3.28. The van der Waals surface area contributed by atoms with Gasteiger partial charge in [0, 0.05) is 43.4 Å². The first-order chi connectivity index (χ1) is 13.5. The van der Waals surface area contributed by atoms with Crippen LogP contribution >= 0.6 is 0 Å². The Balaban J connectivity index is 1.42. The van der Waals surface area contributed by atoms with Crippen molar-refractivity contribution >= 4 is 11.6 Å². The third-order valence-corrected chi connectivity index (χ3v) is 4.80. The van der Waals surface area contributed by atoms with Crippen LogP contribution in [0.15, 0.2) is 53.1 Å². The fraction of sp³-hybridized carbons (Fsp3) is 0.273. The minimum Gasteiger partial charge on any atom is -0.490 e. The summed E-state index contributed by atoms with van der Waals surface area (Å²) in [6.45, 7) is 2.36. The average molecular weight is 377 g/mol. The standard InChI is InChI=1S/C22H23N3O3/c1-14-9-15-7-8-16(11-20(15)27-14)21-12-18(24-28-21)13-23-22(26)17-5-4-6-19(10-17)25(2)3/h4-8,10-12,14H,9,13H2,1-3H3,(H,23,26). The highest BCUT2D eigenvalue weighted by Gasteiger charge is 2.20. The van der Waals surface area contributed by atoms with Gasteiger partial charge in [0.2, 0.25) is 0 Å². The Bertz CT molecular complexity index is 1010. The molecule has 2 aromatic carbocycles. The van der Waals surface area contributed by atoms with Gasteiger partial charge >= 0.3 is 0 Å². The molecule has 6 nitrogen and oxygen atoms in total. The van der Waals surface area contributed by atoms with E-state index in [2.05, 4.69) is 23.5 Å². The molecular weight excluding hydrogens is 354 g/mol. The molecule has 0 bridgehead atoms. The topological polar surface area (TPSA) is 67.6 Å². The number of rotatable bonds is 5. The molecule has 1 unspecified atom stereocenters. The summed E-state index contributed by atoms with van der Waals surface area (Å²) >= 11 is 0. The van der Waals surface area contributed by atoms with Crippen LogP contribution in [0.4, 0.5) is 5.69 Å². The van der Waals surface area contributed by atoms with E-state index in [1.54, 1.807) is 6.07 Å². The van der Waals surface area contributed by atoms with E-state index < -0.39 is 0 Å². The van der Waals surface area contributed by atoms with Crippen molar-refractivity contribution in [2.24, 2.45) is 0 Å². The van der Waals surface area contributed by atoms with Gasteiger partial charge in [0.1, 0.15) is 17.5 Å². The van der Waals surface area contributed by atoms with Crippen molar-refractivity contribution in [2.75, 3.05) is 19.0 Å². The van der Waals surface area contributed by atoms with Crippen LogP contribution in [0.25, 0.3) is 11.3 Å². The fourth-order valence-electron chi connectivity index (χ4n) is 3.28. The highest BCUT2D eigenvalue weighted by Crippen LogP contribution is 2.33. The molecular formula is C22H23N3O3. The maximum Gasteiger partial charge on any atom is 0.251 e. The van der Waals surface area contributed by atoms with Gasteiger partial charge in [-0.2, -0.15) is 0 Å². The van der Waals surface area contributed by atoms with E-state index in [4.69, 9.17) is 9.26 Å². The Morgan fingerprint density at radius 1 is 1.21 bits per heavy atom. The Labute approximate surface area is 164 Å². The molecule has 0 fully saturated rings. The molecule has 1 N–H and O–H groups in total. The summed E-state index contributed by atoms with van der Waals surface area (Å²) in [6, 6.07) is 15.4. The van der Waals surface area contributed by atoms with Gasteiger partial charge in [0.25, 0.3) is 5.91 Å². The van der Waals surface area contributed by atoms with Crippen LogP contribution in [0.2, 0.25) is 0 Å². The first kappa shape index (κ1) is 18.1. The van der Waals surface area contributed by atoms with Crippen molar-refractivity contribution in [2.45, 2.75) is 26.0 Å². The van der Waals surface area contributed by atoms with Crippen LogP contribution in [0.5, 0.6) is 5.75 Å². The molecule has 0 spiro atoms.